The van der Waals surface area contributed by atoms with Crippen molar-refractivity contribution in [2.45, 2.75) is 98.7 Å². The first-order valence-corrected chi connectivity index (χ1v) is 12.9. The molecule has 170 valence electrons. The van der Waals surface area contributed by atoms with Crippen LogP contribution in [0, 0.1) is 40.4 Å². The number of allylic oxidation sites excluding steroid dienone is 1. The third kappa shape index (κ3) is 3.52. The number of carbonyl (C=O) groups is 1. The third-order valence-electron chi connectivity index (χ3n) is 9.98. The van der Waals surface area contributed by atoms with Gasteiger partial charge in [-0.3, -0.25) is 4.79 Å². The quantitative estimate of drug-likeness (QED) is 0.522. The average molecular weight is 417 g/mol. The summed E-state index contributed by atoms with van der Waals surface area (Å²) in [5.74, 6) is 4.22. The van der Waals surface area contributed by atoms with Gasteiger partial charge in [-0.25, -0.2) is 0 Å². The van der Waals surface area contributed by atoms with Crippen LogP contribution in [-0.2, 0) is 14.3 Å². The molecule has 3 nitrogen and oxygen atoms in total. The zero-order valence-electron chi connectivity index (χ0n) is 20.0. The Labute approximate surface area is 184 Å². The standard InChI is InChI=1S/C25H38O3.C2H6/c1-4-16-13-19-20-6-5-17(14-23-27-11-12-28-23)24(20,2)10-8-21(19)25(3)9-7-18(26)15-22(16)25;1-2/h15-17,19-21,23H,4-14H2,1-3H3;1-2H3/t16?,17-,19?,20?,21?,24?,25?;/m1./s1. The molecular weight excluding hydrogens is 372 g/mol. The molecule has 1 heterocycles. The van der Waals surface area contributed by atoms with Crippen LogP contribution in [0.1, 0.15) is 92.4 Å². The fourth-order valence-electron chi connectivity index (χ4n) is 8.44. The second-order valence-corrected chi connectivity index (χ2v) is 10.9. The summed E-state index contributed by atoms with van der Waals surface area (Å²) in [5.41, 5.74) is 2.25. The van der Waals surface area contributed by atoms with E-state index in [2.05, 4.69) is 26.8 Å². The van der Waals surface area contributed by atoms with Crippen molar-refractivity contribution in [3.63, 3.8) is 0 Å². The molecule has 30 heavy (non-hydrogen) atoms. The Morgan fingerprint density at radius 1 is 1.03 bits per heavy atom. The molecule has 0 aromatic rings. The van der Waals surface area contributed by atoms with Crippen LogP contribution in [0.3, 0.4) is 0 Å². The molecule has 4 aliphatic carbocycles. The van der Waals surface area contributed by atoms with E-state index in [-0.39, 0.29) is 11.7 Å². The molecule has 0 N–H and O–H groups in total. The van der Waals surface area contributed by atoms with E-state index in [0.29, 0.717) is 17.1 Å². The highest BCUT2D eigenvalue weighted by Gasteiger charge is 2.60. The minimum Gasteiger partial charge on any atom is -0.350 e. The Balaban J connectivity index is 0.00000106. The van der Waals surface area contributed by atoms with Crippen molar-refractivity contribution in [3.05, 3.63) is 11.6 Å². The van der Waals surface area contributed by atoms with Crippen molar-refractivity contribution in [1.82, 2.24) is 0 Å². The minimum atomic E-state index is 0.0458. The summed E-state index contributed by atoms with van der Waals surface area (Å²) in [7, 11) is 0. The number of rotatable bonds is 3. The smallest absolute Gasteiger partial charge is 0.158 e. The van der Waals surface area contributed by atoms with Gasteiger partial charge in [-0.15, -0.1) is 0 Å². The van der Waals surface area contributed by atoms with Gasteiger partial charge in [0, 0.05) is 12.8 Å². The van der Waals surface area contributed by atoms with E-state index in [1.807, 2.05) is 13.8 Å². The van der Waals surface area contributed by atoms with Gasteiger partial charge in [-0.05, 0) is 91.4 Å². The molecule has 0 bridgehead atoms. The van der Waals surface area contributed by atoms with E-state index in [4.69, 9.17) is 9.47 Å². The van der Waals surface area contributed by atoms with Gasteiger partial charge in [0.25, 0.3) is 0 Å². The predicted octanol–water partition coefficient (Wildman–Crippen LogP) is 6.56. The molecule has 4 fully saturated rings. The highest BCUT2D eigenvalue weighted by Crippen LogP contribution is 2.68. The molecule has 0 aromatic heterocycles. The van der Waals surface area contributed by atoms with Crippen molar-refractivity contribution in [2.24, 2.45) is 40.4 Å². The van der Waals surface area contributed by atoms with Gasteiger partial charge >= 0.3 is 0 Å². The molecule has 0 radical (unpaired) electrons. The summed E-state index contributed by atoms with van der Waals surface area (Å²) >= 11 is 0. The lowest BCUT2D eigenvalue weighted by Gasteiger charge is -2.60. The molecule has 0 amide bonds. The van der Waals surface area contributed by atoms with E-state index >= 15 is 0 Å². The van der Waals surface area contributed by atoms with Gasteiger partial charge in [0.05, 0.1) is 13.2 Å². The second-order valence-electron chi connectivity index (χ2n) is 10.9. The summed E-state index contributed by atoms with van der Waals surface area (Å²) in [6.45, 7) is 13.0. The lowest BCUT2D eigenvalue weighted by Crippen LogP contribution is -2.52. The van der Waals surface area contributed by atoms with Crippen LogP contribution in [0.2, 0.25) is 0 Å². The molecule has 3 heteroatoms. The summed E-state index contributed by atoms with van der Waals surface area (Å²) in [4.78, 5) is 12.2. The van der Waals surface area contributed by atoms with E-state index in [0.717, 1.165) is 56.1 Å². The molecule has 1 aliphatic heterocycles. The fourth-order valence-corrected chi connectivity index (χ4v) is 8.44. The number of hydrogen-bond donors (Lipinski definition) is 0. The number of ether oxygens (including phenoxy) is 2. The first-order valence-electron chi connectivity index (χ1n) is 12.9. The zero-order chi connectivity index (χ0) is 21.5. The molecule has 0 spiro atoms. The lowest BCUT2D eigenvalue weighted by molar-refractivity contribution is -0.119. The maximum atomic E-state index is 12.2. The summed E-state index contributed by atoms with van der Waals surface area (Å²) < 4.78 is 11.6. The fraction of sp³-hybridized carbons (Fsp3) is 0.889. The average Bonchev–Trinajstić information content (AvgIpc) is 3.38. The Kier molecular flexibility index (Phi) is 6.53. The Morgan fingerprint density at radius 2 is 1.77 bits per heavy atom. The third-order valence-corrected chi connectivity index (χ3v) is 9.98. The van der Waals surface area contributed by atoms with Crippen molar-refractivity contribution in [1.29, 1.82) is 0 Å². The van der Waals surface area contributed by atoms with Gasteiger partial charge in [-0.2, -0.15) is 0 Å². The van der Waals surface area contributed by atoms with E-state index in [1.165, 1.54) is 44.1 Å². The van der Waals surface area contributed by atoms with E-state index in [9.17, 15) is 4.79 Å². The van der Waals surface area contributed by atoms with Crippen LogP contribution in [0.15, 0.2) is 11.6 Å². The van der Waals surface area contributed by atoms with Gasteiger partial charge in [0.2, 0.25) is 0 Å². The predicted molar refractivity (Wildman–Crippen MR) is 121 cm³/mol. The molecular formula is C27H44O3. The normalized spacial score (nSPS) is 45.7. The maximum Gasteiger partial charge on any atom is 0.158 e. The lowest BCUT2D eigenvalue weighted by atomic mass is 9.45. The SMILES string of the molecule is CC.CCC1CC2C(CCC3(C)C2CC[C@@H]3CC2OCCO2)C2(C)CCC(=O)C=C12. The topological polar surface area (TPSA) is 35.5 Å². The summed E-state index contributed by atoms with van der Waals surface area (Å²) in [5, 5.41) is 0. The minimum absolute atomic E-state index is 0.0458. The molecule has 3 saturated carbocycles. The van der Waals surface area contributed by atoms with Gasteiger partial charge < -0.3 is 9.47 Å². The molecule has 0 aromatic carbocycles. The Bertz CT molecular complexity index is 663. The van der Waals surface area contributed by atoms with Crippen LogP contribution in [0.5, 0.6) is 0 Å². The summed E-state index contributed by atoms with van der Waals surface area (Å²) in [6.07, 6.45) is 13.0. The van der Waals surface area contributed by atoms with E-state index in [1.54, 1.807) is 0 Å². The van der Waals surface area contributed by atoms with Crippen LogP contribution in [-0.4, -0.2) is 25.3 Å². The summed E-state index contributed by atoms with van der Waals surface area (Å²) in [6, 6.07) is 0. The van der Waals surface area contributed by atoms with Crippen LogP contribution < -0.4 is 0 Å². The molecule has 6 unspecified atom stereocenters. The van der Waals surface area contributed by atoms with Crippen LogP contribution in [0.25, 0.3) is 0 Å². The van der Waals surface area contributed by atoms with Crippen LogP contribution in [0.4, 0.5) is 0 Å². The maximum absolute atomic E-state index is 12.2. The Morgan fingerprint density at radius 3 is 2.47 bits per heavy atom. The monoisotopic (exact) mass is 416 g/mol. The second kappa shape index (κ2) is 8.70. The van der Waals surface area contributed by atoms with Crippen molar-refractivity contribution in [3.8, 4) is 0 Å². The first-order chi connectivity index (χ1) is 14.5. The zero-order valence-corrected chi connectivity index (χ0v) is 20.0. The largest absolute Gasteiger partial charge is 0.350 e. The molecule has 1 saturated heterocycles. The van der Waals surface area contributed by atoms with Crippen molar-refractivity contribution < 1.29 is 14.3 Å². The van der Waals surface area contributed by atoms with Crippen molar-refractivity contribution in [2.75, 3.05) is 13.2 Å². The van der Waals surface area contributed by atoms with Crippen LogP contribution >= 0.6 is 0 Å². The highest BCUT2D eigenvalue weighted by atomic mass is 16.7. The number of fused-ring (bicyclic) bond motifs is 5. The van der Waals surface area contributed by atoms with E-state index < -0.39 is 0 Å². The highest BCUT2D eigenvalue weighted by molar-refractivity contribution is 5.91. The number of ketones is 1. The van der Waals surface area contributed by atoms with Gasteiger partial charge in [-0.1, -0.05) is 40.2 Å². The first kappa shape index (κ1) is 22.5. The molecule has 5 rings (SSSR count). The number of carbonyl (C=O) groups excluding carboxylic acids is 1. The molecule has 5 aliphatic rings. The number of hydrogen-bond acceptors (Lipinski definition) is 3. The molecule has 7 atom stereocenters. The van der Waals surface area contributed by atoms with Gasteiger partial charge in [0.1, 0.15) is 0 Å². The Hall–Kier alpha value is -0.670. The van der Waals surface area contributed by atoms with Gasteiger partial charge in [0.15, 0.2) is 12.1 Å². The van der Waals surface area contributed by atoms with Crippen molar-refractivity contribution >= 4 is 5.78 Å².